The van der Waals surface area contributed by atoms with Crippen molar-refractivity contribution in [1.82, 2.24) is 0 Å². The highest BCUT2D eigenvalue weighted by Gasteiger charge is 2.43. The van der Waals surface area contributed by atoms with Crippen LogP contribution in [0.5, 0.6) is 0 Å². The molecule has 0 bridgehead atoms. The van der Waals surface area contributed by atoms with Gasteiger partial charge in [-0.05, 0) is 19.3 Å². The number of unbranched alkanes of at least 4 members (excludes halogenated alkanes) is 7. The lowest BCUT2D eigenvalue weighted by atomic mass is 9.73. The van der Waals surface area contributed by atoms with Crippen LogP contribution in [0.2, 0.25) is 0 Å². The maximum atomic E-state index is 11.7. The maximum absolute atomic E-state index is 11.7. The van der Waals surface area contributed by atoms with E-state index < -0.39 is 11.6 Å². The van der Waals surface area contributed by atoms with E-state index >= 15 is 0 Å². The number of carboxylic acids is 1. The number of ether oxygens (including phenoxy) is 1. The van der Waals surface area contributed by atoms with Crippen molar-refractivity contribution >= 4 is 5.97 Å². The summed E-state index contributed by atoms with van der Waals surface area (Å²) in [5.74, 6) is -0.982. The van der Waals surface area contributed by atoms with Gasteiger partial charge in [-0.2, -0.15) is 0 Å². The average Bonchev–Trinajstić information content (AvgIpc) is 2.53. The quantitative estimate of drug-likeness (QED) is 0.479. The standard InChI is InChI=1S/C19H36O3/c1-3-4-5-6-7-8-9-11-14-17(18(20)21)19(22-2)15-12-10-13-16-19/h17H,3-16H2,1-2H3,(H,20,21). The summed E-state index contributed by atoms with van der Waals surface area (Å²) in [5, 5.41) is 9.64. The van der Waals surface area contributed by atoms with Crippen LogP contribution >= 0.6 is 0 Å². The van der Waals surface area contributed by atoms with E-state index in [1.54, 1.807) is 7.11 Å². The molecular formula is C19H36O3. The second-order valence-corrected chi connectivity index (χ2v) is 6.98. The lowest BCUT2D eigenvalue weighted by Crippen LogP contribution is -2.45. The van der Waals surface area contributed by atoms with Crippen molar-refractivity contribution in [3.05, 3.63) is 0 Å². The van der Waals surface area contributed by atoms with Gasteiger partial charge in [-0.1, -0.05) is 77.6 Å². The molecule has 1 aliphatic carbocycles. The summed E-state index contributed by atoms with van der Waals surface area (Å²) >= 11 is 0. The van der Waals surface area contributed by atoms with Crippen LogP contribution in [-0.2, 0) is 9.53 Å². The van der Waals surface area contributed by atoms with Crippen molar-refractivity contribution in [1.29, 1.82) is 0 Å². The molecule has 0 saturated heterocycles. The molecule has 1 aliphatic rings. The largest absolute Gasteiger partial charge is 0.481 e. The van der Waals surface area contributed by atoms with Gasteiger partial charge in [0.15, 0.2) is 0 Å². The Hall–Kier alpha value is -0.570. The van der Waals surface area contributed by atoms with E-state index in [1.807, 2.05) is 0 Å². The topological polar surface area (TPSA) is 46.5 Å². The molecule has 0 heterocycles. The van der Waals surface area contributed by atoms with Gasteiger partial charge in [0, 0.05) is 7.11 Å². The average molecular weight is 312 g/mol. The minimum atomic E-state index is -0.660. The van der Waals surface area contributed by atoms with Crippen LogP contribution in [-0.4, -0.2) is 23.8 Å². The van der Waals surface area contributed by atoms with Crippen molar-refractivity contribution in [3.8, 4) is 0 Å². The predicted molar refractivity (Wildman–Crippen MR) is 91.2 cm³/mol. The molecule has 130 valence electrons. The number of carbonyl (C=O) groups is 1. The molecule has 0 amide bonds. The van der Waals surface area contributed by atoms with E-state index in [9.17, 15) is 9.90 Å². The molecule has 0 aromatic carbocycles. The Morgan fingerprint density at radius 2 is 1.55 bits per heavy atom. The molecule has 0 aromatic rings. The highest BCUT2D eigenvalue weighted by Crippen LogP contribution is 2.39. The van der Waals surface area contributed by atoms with Gasteiger partial charge in [0.05, 0.1) is 11.5 Å². The monoisotopic (exact) mass is 312 g/mol. The second kappa shape index (κ2) is 11.0. The zero-order valence-electron chi connectivity index (χ0n) is 14.7. The molecule has 1 N–H and O–H groups in total. The molecule has 1 saturated carbocycles. The van der Waals surface area contributed by atoms with Crippen LogP contribution in [0.25, 0.3) is 0 Å². The van der Waals surface area contributed by atoms with Crippen molar-refractivity contribution in [3.63, 3.8) is 0 Å². The van der Waals surface area contributed by atoms with Crippen LogP contribution in [0.4, 0.5) is 0 Å². The first kappa shape index (κ1) is 19.5. The van der Waals surface area contributed by atoms with Crippen LogP contribution in [0.3, 0.4) is 0 Å². The first-order chi connectivity index (χ1) is 10.7. The van der Waals surface area contributed by atoms with Crippen LogP contribution in [0.1, 0.15) is 96.8 Å². The minimum Gasteiger partial charge on any atom is -0.481 e. The predicted octanol–water partition coefficient (Wildman–Crippen LogP) is 5.57. The number of methoxy groups -OCH3 is 1. The Kier molecular flexibility index (Phi) is 9.77. The molecule has 0 radical (unpaired) electrons. The van der Waals surface area contributed by atoms with Gasteiger partial charge >= 0.3 is 5.97 Å². The minimum absolute atomic E-state index is 0.321. The van der Waals surface area contributed by atoms with Crippen molar-refractivity contribution in [2.45, 2.75) is 102 Å². The number of carboxylic acid groups (broad SMARTS) is 1. The highest BCUT2D eigenvalue weighted by atomic mass is 16.5. The van der Waals surface area contributed by atoms with E-state index in [0.717, 1.165) is 44.9 Å². The van der Waals surface area contributed by atoms with E-state index in [4.69, 9.17) is 4.74 Å². The molecular weight excluding hydrogens is 276 g/mol. The van der Waals surface area contributed by atoms with Crippen molar-refractivity contribution in [2.75, 3.05) is 7.11 Å². The zero-order chi connectivity index (χ0) is 16.3. The van der Waals surface area contributed by atoms with Gasteiger partial charge in [0.25, 0.3) is 0 Å². The van der Waals surface area contributed by atoms with Gasteiger partial charge in [0.2, 0.25) is 0 Å². The third kappa shape index (κ3) is 6.28. The summed E-state index contributed by atoms with van der Waals surface area (Å²) in [6.45, 7) is 2.24. The number of aliphatic carboxylic acids is 1. The molecule has 1 unspecified atom stereocenters. The molecule has 1 atom stereocenters. The van der Waals surface area contributed by atoms with Gasteiger partial charge in [0.1, 0.15) is 0 Å². The molecule has 0 aromatic heterocycles. The van der Waals surface area contributed by atoms with Crippen LogP contribution in [0.15, 0.2) is 0 Å². The fourth-order valence-electron chi connectivity index (χ4n) is 3.94. The highest BCUT2D eigenvalue weighted by molar-refractivity contribution is 5.71. The van der Waals surface area contributed by atoms with E-state index in [-0.39, 0.29) is 5.92 Å². The Morgan fingerprint density at radius 1 is 1.00 bits per heavy atom. The third-order valence-electron chi connectivity index (χ3n) is 5.39. The molecule has 3 nitrogen and oxygen atoms in total. The Morgan fingerprint density at radius 3 is 2.05 bits per heavy atom. The molecule has 1 rings (SSSR count). The maximum Gasteiger partial charge on any atom is 0.309 e. The number of hydrogen-bond donors (Lipinski definition) is 1. The smallest absolute Gasteiger partial charge is 0.309 e. The Labute approximate surface area is 136 Å². The lowest BCUT2D eigenvalue weighted by Gasteiger charge is -2.40. The summed E-state index contributed by atoms with van der Waals surface area (Å²) in [4.78, 5) is 11.7. The molecule has 3 heteroatoms. The normalized spacial score (nSPS) is 19.0. The van der Waals surface area contributed by atoms with E-state index in [2.05, 4.69) is 6.92 Å². The van der Waals surface area contributed by atoms with Crippen molar-refractivity contribution in [2.24, 2.45) is 5.92 Å². The SMILES string of the molecule is CCCCCCCCCCC(C(=O)O)C1(OC)CCCCC1. The van der Waals surface area contributed by atoms with Crippen LogP contribution < -0.4 is 0 Å². The third-order valence-corrected chi connectivity index (χ3v) is 5.39. The first-order valence-electron chi connectivity index (χ1n) is 9.44. The summed E-state index contributed by atoms with van der Waals surface area (Å²) in [5.41, 5.74) is -0.398. The fraction of sp³-hybridized carbons (Fsp3) is 0.947. The number of hydrogen-bond acceptors (Lipinski definition) is 2. The van der Waals surface area contributed by atoms with E-state index in [0.29, 0.717) is 0 Å². The molecule has 0 aliphatic heterocycles. The Balaban J connectivity index is 2.30. The summed E-state index contributed by atoms with van der Waals surface area (Å²) in [7, 11) is 1.70. The van der Waals surface area contributed by atoms with Gasteiger partial charge < -0.3 is 9.84 Å². The summed E-state index contributed by atoms with van der Waals surface area (Å²) < 4.78 is 5.74. The summed E-state index contributed by atoms with van der Waals surface area (Å²) in [6.07, 6.45) is 16.1. The molecule has 1 fully saturated rings. The van der Waals surface area contributed by atoms with Gasteiger partial charge in [-0.25, -0.2) is 0 Å². The summed E-state index contributed by atoms with van der Waals surface area (Å²) in [6, 6.07) is 0. The fourth-order valence-corrected chi connectivity index (χ4v) is 3.94. The lowest BCUT2D eigenvalue weighted by molar-refractivity contribution is -0.160. The van der Waals surface area contributed by atoms with Gasteiger partial charge in [-0.15, -0.1) is 0 Å². The Bertz CT molecular complexity index is 295. The molecule has 0 spiro atoms. The first-order valence-corrected chi connectivity index (χ1v) is 9.44. The number of rotatable bonds is 12. The van der Waals surface area contributed by atoms with E-state index in [1.165, 1.54) is 44.9 Å². The molecule has 22 heavy (non-hydrogen) atoms. The zero-order valence-corrected chi connectivity index (χ0v) is 14.7. The van der Waals surface area contributed by atoms with Gasteiger partial charge in [-0.3, -0.25) is 4.79 Å². The van der Waals surface area contributed by atoms with Crippen molar-refractivity contribution < 1.29 is 14.6 Å². The van der Waals surface area contributed by atoms with Crippen LogP contribution in [0, 0.1) is 5.92 Å². The second-order valence-electron chi connectivity index (χ2n) is 6.98.